The third-order valence-electron chi connectivity index (χ3n) is 3.31. The largest absolute Gasteiger partial charge is 0.493 e. The second-order valence-electron chi connectivity index (χ2n) is 4.36. The van der Waals surface area contributed by atoms with Gasteiger partial charge in [-0.05, 0) is 12.5 Å². The maximum Gasteiger partial charge on any atom is 0.316 e. The number of hydrogen-bond acceptors (Lipinski definition) is 3. The monoisotopic (exact) mass is 267 g/mol. The Morgan fingerprint density at radius 1 is 1.53 bits per heavy atom. The summed E-state index contributed by atoms with van der Waals surface area (Å²) in [5, 5.41) is 11.7. The SMILES string of the molecule is COc1c(F)cccc1C1CCNC(=O)C1C(=O)O. The van der Waals surface area contributed by atoms with Crippen molar-refractivity contribution in [3.8, 4) is 5.75 Å². The number of ether oxygens (including phenoxy) is 1. The summed E-state index contributed by atoms with van der Waals surface area (Å²) in [6.07, 6.45) is 0.433. The van der Waals surface area contributed by atoms with Crippen LogP contribution < -0.4 is 10.1 Å². The predicted octanol–water partition coefficient (Wildman–Crippen LogP) is 1.14. The number of hydrogen-bond donors (Lipinski definition) is 2. The highest BCUT2D eigenvalue weighted by atomic mass is 19.1. The van der Waals surface area contributed by atoms with Crippen LogP contribution >= 0.6 is 0 Å². The molecule has 2 rings (SSSR count). The molecule has 0 aliphatic carbocycles. The van der Waals surface area contributed by atoms with Gasteiger partial charge in [-0.25, -0.2) is 4.39 Å². The molecule has 1 fully saturated rings. The highest BCUT2D eigenvalue weighted by molar-refractivity contribution is 5.98. The molecule has 1 heterocycles. The van der Waals surface area contributed by atoms with E-state index in [9.17, 15) is 19.1 Å². The molecule has 1 aliphatic rings. The molecule has 102 valence electrons. The van der Waals surface area contributed by atoms with Gasteiger partial charge in [0.1, 0.15) is 5.92 Å². The average molecular weight is 267 g/mol. The predicted molar refractivity (Wildman–Crippen MR) is 64.4 cm³/mol. The molecular formula is C13H14FNO4. The molecule has 0 spiro atoms. The minimum Gasteiger partial charge on any atom is -0.493 e. The Morgan fingerprint density at radius 3 is 2.89 bits per heavy atom. The van der Waals surface area contributed by atoms with E-state index in [1.54, 1.807) is 6.07 Å². The number of halogens is 1. The lowest BCUT2D eigenvalue weighted by atomic mass is 9.80. The molecule has 1 aliphatic heterocycles. The Kier molecular flexibility index (Phi) is 3.69. The molecule has 1 amide bonds. The quantitative estimate of drug-likeness (QED) is 0.805. The van der Waals surface area contributed by atoms with Crippen molar-refractivity contribution in [1.82, 2.24) is 5.32 Å². The maximum atomic E-state index is 13.7. The van der Waals surface area contributed by atoms with Crippen molar-refractivity contribution in [3.63, 3.8) is 0 Å². The van der Waals surface area contributed by atoms with Crippen molar-refractivity contribution in [1.29, 1.82) is 0 Å². The second kappa shape index (κ2) is 5.26. The van der Waals surface area contributed by atoms with Gasteiger partial charge in [-0.2, -0.15) is 0 Å². The number of methoxy groups -OCH3 is 1. The summed E-state index contributed by atoms with van der Waals surface area (Å²) >= 11 is 0. The van der Waals surface area contributed by atoms with Gasteiger partial charge in [0.2, 0.25) is 5.91 Å². The zero-order chi connectivity index (χ0) is 14.0. The first-order chi connectivity index (χ1) is 9.06. The van der Waals surface area contributed by atoms with Crippen LogP contribution in [0.1, 0.15) is 17.9 Å². The first-order valence-corrected chi connectivity index (χ1v) is 5.89. The summed E-state index contributed by atoms with van der Waals surface area (Å²) in [5.41, 5.74) is 0.421. The van der Waals surface area contributed by atoms with Crippen LogP contribution in [0.3, 0.4) is 0 Å². The first-order valence-electron chi connectivity index (χ1n) is 5.89. The van der Waals surface area contributed by atoms with E-state index >= 15 is 0 Å². The van der Waals surface area contributed by atoms with E-state index in [0.717, 1.165) is 0 Å². The lowest BCUT2D eigenvalue weighted by Gasteiger charge is -2.29. The van der Waals surface area contributed by atoms with Crippen LogP contribution in [0.5, 0.6) is 5.75 Å². The summed E-state index contributed by atoms with van der Waals surface area (Å²) in [6, 6.07) is 4.32. The molecule has 2 atom stereocenters. The fourth-order valence-corrected chi connectivity index (χ4v) is 2.46. The van der Waals surface area contributed by atoms with Crippen LogP contribution in [0, 0.1) is 11.7 Å². The molecule has 6 heteroatoms. The molecule has 0 bridgehead atoms. The Bertz CT molecular complexity index is 517. The Morgan fingerprint density at radius 2 is 2.26 bits per heavy atom. The van der Waals surface area contributed by atoms with Gasteiger partial charge >= 0.3 is 5.97 Å². The van der Waals surface area contributed by atoms with Crippen LogP contribution in [0.4, 0.5) is 4.39 Å². The Hall–Kier alpha value is -2.11. The van der Waals surface area contributed by atoms with E-state index in [1.807, 2.05) is 0 Å². The van der Waals surface area contributed by atoms with Crippen LogP contribution in [0.15, 0.2) is 18.2 Å². The summed E-state index contributed by atoms with van der Waals surface area (Å²) in [5.74, 6) is -4.12. The molecule has 0 aromatic heterocycles. The number of carboxylic acid groups (broad SMARTS) is 1. The zero-order valence-corrected chi connectivity index (χ0v) is 10.4. The van der Waals surface area contributed by atoms with Gasteiger partial charge in [0.25, 0.3) is 0 Å². The highest BCUT2D eigenvalue weighted by Gasteiger charge is 2.40. The number of piperidine rings is 1. The number of rotatable bonds is 3. The van der Waals surface area contributed by atoms with Crippen molar-refractivity contribution in [2.75, 3.05) is 13.7 Å². The lowest BCUT2D eigenvalue weighted by molar-refractivity contribution is -0.149. The van der Waals surface area contributed by atoms with Gasteiger partial charge < -0.3 is 15.2 Å². The number of aliphatic carboxylic acids is 1. The van der Waals surface area contributed by atoms with Crippen LogP contribution in [0.25, 0.3) is 0 Å². The molecule has 2 unspecified atom stereocenters. The smallest absolute Gasteiger partial charge is 0.316 e. The molecule has 0 radical (unpaired) electrons. The average Bonchev–Trinajstić information content (AvgIpc) is 2.37. The first kappa shape index (κ1) is 13.3. The van der Waals surface area contributed by atoms with Gasteiger partial charge in [0, 0.05) is 18.0 Å². The molecule has 2 N–H and O–H groups in total. The number of benzene rings is 1. The number of carbonyl (C=O) groups excluding carboxylic acids is 1. The number of carbonyl (C=O) groups is 2. The Labute approximate surface area is 109 Å². The Balaban J connectivity index is 2.46. The maximum absolute atomic E-state index is 13.7. The van der Waals surface area contributed by atoms with Crippen molar-refractivity contribution >= 4 is 11.9 Å². The lowest BCUT2D eigenvalue weighted by Crippen LogP contribution is -2.44. The molecule has 0 saturated carbocycles. The van der Waals surface area contributed by atoms with E-state index in [4.69, 9.17) is 4.74 Å². The van der Waals surface area contributed by atoms with Crippen molar-refractivity contribution in [3.05, 3.63) is 29.6 Å². The molecule has 1 saturated heterocycles. The van der Waals surface area contributed by atoms with Gasteiger partial charge in [0.05, 0.1) is 7.11 Å². The fraction of sp³-hybridized carbons (Fsp3) is 0.385. The second-order valence-corrected chi connectivity index (χ2v) is 4.36. The fourth-order valence-electron chi connectivity index (χ4n) is 2.46. The number of carboxylic acids is 1. The number of para-hydroxylation sites is 1. The molecule has 1 aromatic carbocycles. The summed E-state index contributed by atoms with van der Waals surface area (Å²) in [7, 11) is 1.32. The minimum absolute atomic E-state index is 0.00782. The van der Waals surface area contributed by atoms with Crippen LogP contribution in [0.2, 0.25) is 0 Å². The highest BCUT2D eigenvalue weighted by Crippen LogP contribution is 2.37. The van der Waals surface area contributed by atoms with Crippen molar-refractivity contribution in [2.45, 2.75) is 12.3 Å². The normalized spacial score (nSPS) is 22.7. The van der Waals surface area contributed by atoms with E-state index in [2.05, 4.69) is 5.32 Å². The van der Waals surface area contributed by atoms with Gasteiger partial charge in [0.15, 0.2) is 11.6 Å². The molecule has 1 aromatic rings. The minimum atomic E-state index is -1.22. The van der Waals surface area contributed by atoms with Gasteiger partial charge in [-0.3, -0.25) is 9.59 Å². The van der Waals surface area contributed by atoms with Gasteiger partial charge in [-0.1, -0.05) is 12.1 Å². The standard InChI is InChI=1S/C13H14FNO4/c1-19-11-8(3-2-4-9(11)14)7-5-6-15-12(16)10(7)13(17)18/h2-4,7,10H,5-6H2,1H3,(H,15,16)(H,17,18). The zero-order valence-electron chi connectivity index (χ0n) is 10.4. The van der Waals surface area contributed by atoms with Crippen molar-refractivity contribution < 1.29 is 23.8 Å². The van der Waals surface area contributed by atoms with Crippen molar-refractivity contribution in [2.24, 2.45) is 5.92 Å². The third-order valence-corrected chi connectivity index (χ3v) is 3.31. The van der Waals surface area contributed by atoms with E-state index < -0.39 is 29.5 Å². The van der Waals surface area contributed by atoms with Crippen LogP contribution in [-0.4, -0.2) is 30.6 Å². The van der Waals surface area contributed by atoms with E-state index in [-0.39, 0.29) is 5.75 Å². The summed E-state index contributed by atoms with van der Waals surface area (Å²) < 4.78 is 18.7. The molecule has 19 heavy (non-hydrogen) atoms. The van der Waals surface area contributed by atoms with E-state index in [0.29, 0.717) is 18.5 Å². The summed E-state index contributed by atoms with van der Waals surface area (Å²) in [4.78, 5) is 22.9. The number of nitrogens with one attached hydrogen (secondary N) is 1. The molecule has 5 nitrogen and oxygen atoms in total. The van der Waals surface area contributed by atoms with E-state index in [1.165, 1.54) is 19.2 Å². The molecular weight excluding hydrogens is 253 g/mol. The van der Waals surface area contributed by atoms with Gasteiger partial charge in [-0.15, -0.1) is 0 Å². The number of amides is 1. The van der Waals surface area contributed by atoms with Crippen LogP contribution in [-0.2, 0) is 9.59 Å². The third kappa shape index (κ3) is 2.38. The topological polar surface area (TPSA) is 75.6 Å². The summed E-state index contributed by atoms with van der Waals surface area (Å²) in [6.45, 7) is 0.368.